The van der Waals surface area contributed by atoms with Crippen molar-refractivity contribution in [1.29, 1.82) is 0 Å². The van der Waals surface area contributed by atoms with Gasteiger partial charge in [-0.2, -0.15) is 0 Å². The van der Waals surface area contributed by atoms with Gasteiger partial charge < -0.3 is 20.1 Å². The van der Waals surface area contributed by atoms with E-state index >= 15 is 0 Å². The smallest absolute Gasteiger partial charge is 0.407 e. The molecule has 1 aliphatic heterocycles. The predicted octanol–water partition coefficient (Wildman–Crippen LogP) is 1.31. The zero-order valence-corrected chi connectivity index (χ0v) is 16.5. The van der Waals surface area contributed by atoms with Crippen LogP contribution in [0, 0.1) is 0 Å². The molecule has 0 aliphatic carbocycles. The number of ether oxygens (including phenoxy) is 1. The maximum absolute atomic E-state index is 12.2. The summed E-state index contributed by atoms with van der Waals surface area (Å²) in [6.45, 7) is 1.47. The van der Waals surface area contributed by atoms with Crippen LogP contribution in [0.2, 0.25) is 0 Å². The highest BCUT2D eigenvalue weighted by Gasteiger charge is 2.23. The van der Waals surface area contributed by atoms with Crippen LogP contribution in [0.4, 0.5) is 4.79 Å². The Kier molecular flexibility index (Phi) is 6.99. The van der Waals surface area contributed by atoms with Gasteiger partial charge in [0.1, 0.15) is 5.75 Å². The molecule has 0 bridgehead atoms. The number of hydrogen-bond donors (Lipinski definition) is 2. The molecule has 29 heavy (non-hydrogen) atoms. The number of aromatic nitrogens is 4. The molecule has 1 aromatic heterocycles. The van der Waals surface area contributed by atoms with Gasteiger partial charge in [-0.1, -0.05) is 12.1 Å². The first kappa shape index (κ1) is 20.6. The predicted molar refractivity (Wildman–Crippen MR) is 104 cm³/mol. The van der Waals surface area contributed by atoms with Gasteiger partial charge in [-0.05, 0) is 47.4 Å². The van der Waals surface area contributed by atoms with E-state index in [-0.39, 0.29) is 11.9 Å². The molecule has 0 saturated carbocycles. The number of carboxylic acid groups (broad SMARTS) is 1. The highest BCUT2D eigenvalue weighted by Crippen LogP contribution is 2.13. The number of rotatable bonds is 8. The lowest BCUT2D eigenvalue weighted by molar-refractivity contribution is -0.122. The molecule has 156 valence electrons. The van der Waals surface area contributed by atoms with Crippen molar-refractivity contribution < 1.29 is 19.4 Å². The Labute approximate surface area is 168 Å². The van der Waals surface area contributed by atoms with Crippen LogP contribution in [-0.4, -0.2) is 68.5 Å². The summed E-state index contributed by atoms with van der Waals surface area (Å²) in [5.41, 5.74) is 1.06. The molecule has 2 N–H and O–H groups in total. The lowest BCUT2D eigenvalue weighted by Crippen LogP contribution is -2.46. The van der Waals surface area contributed by atoms with E-state index in [0.29, 0.717) is 51.7 Å². The Morgan fingerprint density at radius 1 is 1.24 bits per heavy atom. The van der Waals surface area contributed by atoms with E-state index in [1.807, 2.05) is 24.3 Å². The van der Waals surface area contributed by atoms with E-state index in [4.69, 9.17) is 9.84 Å². The van der Waals surface area contributed by atoms with E-state index in [0.717, 1.165) is 17.1 Å². The first-order valence-electron chi connectivity index (χ1n) is 9.70. The number of likely N-dealkylation sites (tertiary alicyclic amines) is 1. The van der Waals surface area contributed by atoms with Crippen molar-refractivity contribution in [3.63, 3.8) is 0 Å². The maximum Gasteiger partial charge on any atom is 0.407 e. The fraction of sp³-hybridized carbons (Fsp3) is 0.526. The van der Waals surface area contributed by atoms with Crippen molar-refractivity contribution in [2.45, 2.75) is 44.7 Å². The molecule has 2 heterocycles. The summed E-state index contributed by atoms with van der Waals surface area (Å²) in [6, 6.07) is 7.76. The summed E-state index contributed by atoms with van der Waals surface area (Å²) >= 11 is 0. The molecule has 1 aromatic carbocycles. The van der Waals surface area contributed by atoms with Crippen LogP contribution in [0.3, 0.4) is 0 Å². The number of nitrogens with zero attached hydrogens (tertiary/aromatic N) is 5. The SMILES string of the molecule is COc1ccc(Cn2nnnc2CCCC(=O)NC2CCN(C(=O)O)CC2)cc1. The molecule has 2 amide bonds. The van der Waals surface area contributed by atoms with Crippen LogP contribution < -0.4 is 10.1 Å². The third kappa shape index (κ3) is 5.90. The number of tetrazole rings is 1. The van der Waals surface area contributed by atoms with Crippen LogP contribution in [0.15, 0.2) is 24.3 Å². The van der Waals surface area contributed by atoms with E-state index in [1.54, 1.807) is 11.8 Å². The molecule has 0 atom stereocenters. The molecule has 10 nitrogen and oxygen atoms in total. The first-order chi connectivity index (χ1) is 14.0. The maximum atomic E-state index is 12.2. The average molecular weight is 402 g/mol. The second kappa shape index (κ2) is 9.85. The van der Waals surface area contributed by atoms with Gasteiger partial charge in [0, 0.05) is 32.0 Å². The Morgan fingerprint density at radius 3 is 2.62 bits per heavy atom. The molecule has 3 rings (SSSR count). The minimum absolute atomic E-state index is 0.0204. The number of benzene rings is 1. The van der Waals surface area contributed by atoms with Crippen molar-refractivity contribution >= 4 is 12.0 Å². The fourth-order valence-electron chi connectivity index (χ4n) is 3.35. The second-order valence-corrected chi connectivity index (χ2v) is 7.07. The molecule has 0 unspecified atom stereocenters. The molecule has 0 radical (unpaired) electrons. The summed E-state index contributed by atoms with van der Waals surface area (Å²) in [6.07, 6.45) is 2.03. The Hall–Kier alpha value is -3.17. The van der Waals surface area contributed by atoms with Crippen molar-refractivity contribution in [2.24, 2.45) is 0 Å². The summed E-state index contributed by atoms with van der Waals surface area (Å²) in [5.74, 6) is 1.52. The molecular weight excluding hydrogens is 376 g/mol. The Bertz CT molecular complexity index is 814. The molecule has 1 fully saturated rings. The van der Waals surface area contributed by atoms with Crippen LogP contribution in [0.5, 0.6) is 5.75 Å². The molecule has 0 spiro atoms. The van der Waals surface area contributed by atoms with E-state index < -0.39 is 6.09 Å². The average Bonchev–Trinajstić information content (AvgIpc) is 3.16. The Morgan fingerprint density at radius 2 is 1.97 bits per heavy atom. The number of methoxy groups -OCH3 is 1. The normalized spacial score (nSPS) is 14.6. The standard InChI is InChI=1S/C19H26N6O4/c1-29-16-7-5-14(6-8-16)13-25-17(21-22-23-25)3-2-4-18(26)20-15-9-11-24(12-10-15)19(27)28/h5-8,15H,2-4,9-13H2,1H3,(H,20,26)(H,27,28). The minimum atomic E-state index is -0.901. The van der Waals surface area contributed by atoms with Crippen molar-refractivity contribution in [3.05, 3.63) is 35.7 Å². The van der Waals surface area contributed by atoms with Crippen molar-refractivity contribution in [1.82, 2.24) is 30.4 Å². The molecule has 1 aliphatic rings. The summed E-state index contributed by atoms with van der Waals surface area (Å²) in [7, 11) is 1.63. The Balaban J connectivity index is 1.41. The second-order valence-electron chi connectivity index (χ2n) is 7.07. The quantitative estimate of drug-likeness (QED) is 0.682. The zero-order valence-electron chi connectivity index (χ0n) is 16.5. The zero-order chi connectivity index (χ0) is 20.6. The van der Waals surface area contributed by atoms with Gasteiger partial charge >= 0.3 is 6.09 Å². The van der Waals surface area contributed by atoms with E-state index in [2.05, 4.69) is 20.8 Å². The van der Waals surface area contributed by atoms with Crippen LogP contribution in [0.25, 0.3) is 0 Å². The van der Waals surface area contributed by atoms with E-state index in [1.165, 1.54) is 4.90 Å². The monoisotopic (exact) mass is 402 g/mol. The molecule has 1 saturated heterocycles. The van der Waals surface area contributed by atoms with E-state index in [9.17, 15) is 9.59 Å². The van der Waals surface area contributed by atoms with Gasteiger partial charge in [-0.25, -0.2) is 9.48 Å². The number of nitrogens with one attached hydrogen (secondary N) is 1. The number of piperidine rings is 1. The molecular formula is C19H26N6O4. The number of carbonyl (C=O) groups is 2. The third-order valence-electron chi connectivity index (χ3n) is 5.03. The third-order valence-corrected chi connectivity index (χ3v) is 5.03. The van der Waals surface area contributed by atoms with Gasteiger partial charge in [-0.3, -0.25) is 4.79 Å². The number of hydrogen-bond acceptors (Lipinski definition) is 6. The summed E-state index contributed by atoms with van der Waals surface area (Å²) < 4.78 is 6.90. The van der Waals surface area contributed by atoms with Crippen LogP contribution >= 0.6 is 0 Å². The number of carbonyl (C=O) groups excluding carboxylic acids is 1. The summed E-state index contributed by atoms with van der Waals surface area (Å²) in [5, 5.41) is 23.8. The summed E-state index contributed by atoms with van der Waals surface area (Å²) in [4.78, 5) is 24.5. The van der Waals surface area contributed by atoms with Crippen LogP contribution in [-0.2, 0) is 17.8 Å². The molecule has 10 heteroatoms. The fourth-order valence-corrected chi connectivity index (χ4v) is 3.35. The number of aryl methyl sites for hydroxylation is 1. The van der Waals surface area contributed by atoms with Gasteiger partial charge in [-0.15, -0.1) is 5.10 Å². The van der Waals surface area contributed by atoms with Crippen molar-refractivity contribution in [2.75, 3.05) is 20.2 Å². The lowest BCUT2D eigenvalue weighted by Gasteiger charge is -2.30. The van der Waals surface area contributed by atoms with Gasteiger partial charge in [0.2, 0.25) is 5.91 Å². The minimum Gasteiger partial charge on any atom is -0.497 e. The van der Waals surface area contributed by atoms with Crippen molar-refractivity contribution in [3.8, 4) is 5.75 Å². The van der Waals surface area contributed by atoms with Crippen LogP contribution in [0.1, 0.15) is 37.1 Å². The van der Waals surface area contributed by atoms with Gasteiger partial charge in [0.15, 0.2) is 5.82 Å². The highest BCUT2D eigenvalue weighted by atomic mass is 16.5. The molecule has 2 aromatic rings. The first-order valence-corrected chi connectivity index (χ1v) is 9.70. The van der Waals surface area contributed by atoms with Gasteiger partial charge in [0.05, 0.1) is 13.7 Å². The number of amides is 2. The highest BCUT2D eigenvalue weighted by molar-refractivity contribution is 5.76. The largest absolute Gasteiger partial charge is 0.497 e. The lowest BCUT2D eigenvalue weighted by atomic mass is 10.0. The van der Waals surface area contributed by atoms with Gasteiger partial charge in [0.25, 0.3) is 0 Å². The topological polar surface area (TPSA) is 122 Å².